The van der Waals surface area contributed by atoms with E-state index in [2.05, 4.69) is 24.4 Å². The van der Waals surface area contributed by atoms with Crippen LogP contribution in [-0.4, -0.2) is 26.2 Å². The molecule has 0 saturated heterocycles. The predicted molar refractivity (Wildman–Crippen MR) is 92.2 cm³/mol. The average molecular weight is 313 g/mol. The first-order valence-corrected chi connectivity index (χ1v) is 7.70. The van der Waals surface area contributed by atoms with Gasteiger partial charge in [0.15, 0.2) is 0 Å². The molecule has 0 aliphatic carbocycles. The molecule has 1 atom stereocenters. The molecule has 4 nitrogen and oxygen atoms in total. The maximum Gasteiger partial charge on any atom is 0.337 e. The Bertz CT molecular complexity index is 620. The van der Waals surface area contributed by atoms with Crippen LogP contribution in [0.3, 0.4) is 0 Å². The van der Waals surface area contributed by atoms with Crippen LogP contribution in [0.5, 0.6) is 5.75 Å². The summed E-state index contributed by atoms with van der Waals surface area (Å²) >= 11 is 0. The number of anilines is 1. The van der Waals surface area contributed by atoms with E-state index in [1.165, 1.54) is 12.7 Å². The molecule has 0 aliphatic rings. The minimum absolute atomic E-state index is 0.316. The molecular formula is C19H23NO3. The quantitative estimate of drug-likeness (QED) is 0.787. The zero-order valence-electron chi connectivity index (χ0n) is 13.8. The van der Waals surface area contributed by atoms with Gasteiger partial charge in [0.2, 0.25) is 0 Å². The third-order valence-corrected chi connectivity index (χ3v) is 3.74. The third-order valence-electron chi connectivity index (χ3n) is 3.74. The molecule has 1 N–H and O–H groups in total. The molecular weight excluding hydrogens is 290 g/mol. The Labute approximate surface area is 137 Å². The first-order chi connectivity index (χ1) is 11.1. The standard InChI is InChI=1S/C19H23NO3/c1-14(4-5-15-6-12-18(22-2)13-7-15)20-17-10-8-16(9-11-17)19(21)23-3/h6-14,20H,4-5H2,1-3H3. The molecule has 122 valence electrons. The largest absolute Gasteiger partial charge is 0.497 e. The van der Waals surface area contributed by atoms with Gasteiger partial charge in [-0.05, 0) is 61.7 Å². The lowest BCUT2D eigenvalue weighted by atomic mass is 10.1. The van der Waals surface area contributed by atoms with E-state index in [9.17, 15) is 4.79 Å². The van der Waals surface area contributed by atoms with Gasteiger partial charge < -0.3 is 14.8 Å². The highest BCUT2D eigenvalue weighted by atomic mass is 16.5. The Balaban J connectivity index is 1.84. The summed E-state index contributed by atoms with van der Waals surface area (Å²) < 4.78 is 9.86. The molecule has 2 rings (SSSR count). The number of rotatable bonds is 7. The lowest BCUT2D eigenvalue weighted by Gasteiger charge is -2.15. The first kappa shape index (κ1) is 16.9. The Morgan fingerprint density at radius 1 is 1.04 bits per heavy atom. The number of methoxy groups -OCH3 is 2. The minimum Gasteiger partial charge on any atom is -0.497 e. The molecule has 23 heavy (non-hydrogen) atoms. The van der Waals surface area contributed by atoms with Gasteiger partial charge in [0, 0.05) is 11.7 Å². The summed E-state index contributed by atoms with van der Waals surface area (Å²) in [6.07, 6.45) is 2.02. The van der Waals surface area contributed by atoms with E-state index in [1.54, 1.807) is 19.2 Å². The van der Waals surface area contributed by atoms with E-state index < -0.39 is 0 Å². The number of nitrogens with one attached hydrogen (secondary N) is 1. The smallest absolute Gasteiger partial charge is 0.337 e. The average Bonchev–Trinajstić information content (AvgIpc) is 2.60. The number of esters is 1. The van der Waals surface area contributed by atoms with Crippen molar-refractivity contribution in [2.24, 2.45) is 0 Å². The molecule has 0 amide bonds. The second-order valence-corrected chi connectivity index (χ2v) is 5.50. The Morgan fingerprint density at radius 2 is 1.70 bits per heavy atom. The van der Waals surface area contributed by atoms with E-state index in [0.29, 0.717) is 11.6 Å². The zero-order valence-corrected chi connectivity index (χ0v) is 13.8. The topological polar surface area (TPSA) is 47.6 Å². The van der Waals surface area contributed by atoms with E-state index >= 15 is 0 Å². The highest BCUT2D eigenvalue weighted by Crippen LogP contribution is 2.16. The van der Waals surface area contributed by atoms with Gasteiger partial charge in [-0.15, -0.1) is 0 Å². The van der Waals surface area contributed by atoms with Gasteiger partial charge in [0.25, 0.3) is 0 Å². The number of aryl methyl sites for hydroxylation is 1. The molecule has 0 spiro atoms. The maximum absolute atomic E-state index is 11.4. The first-order valence-electron chi connectivity index (χ1n) is 7.70. The Kier molecular flexibility index (Phi) is 6.03. The van der Waals surface area contributed by atoms with Crippen LogP contribution in [0.1, 0.15) is 29.3 Å². The lowest BCUT2D eigenvalue weighted by Crippen LogP contribution is -2.16. The molecule has 0 fully saturated rings. The summed E-state index contributed by atoms with van der Waals surface area (Å²) in [6, 6.07) is 15.8. The second-order valence-electron chi connectivity index (χ2n) is 5.50. The van der Waals surface area contributed by atoms with Crippen LogP contribution in [-0.2, 0) is 11.2 Å². The summed E-state index contributed by atoms with van der Waals surface area (Å²) in [5.41, 5.74) is 2.85. The number of carbonyl (C=O) groups excluding carboxylic acids is 1. The highest BCUT2D eigenvalue weighted by molar-refractivity contribution is 5.89. The van der Waals surface area contributed by atoms with Gasteiger partial charge in [-0.25, -0.2) is 4.79 Å². The molecule has 1 unspecified atom stereocenters. The summed E-state index contributed by atoms with van der Waals surface area (Å²) in [7, 11) is 3.06. The van der Waals surface area contributed by atoms with Crippen molar-refractivity contribution in [3.05, 3.63) is 59.7 Å². The van der Waals surface area contributed by atoms with E-state index in [4.69, 9.17) is 9.47 Å². The number of carbonyl (C=O) groups is 1. The SMILES string of the molecule is COC(=O)c1ccc(NC(C)CCc2ccc(OC)cc2)cc1. The number of benzene rings is 2. The number of ether oxygens (including phenoxy) is 2. The fourth-order valence-electron chi connectivity index (χ4n) is 2.35. The van der Waals surface area contributed by atoms with E-state index in [0.717, 1.165) is 24.3 Å². The van der Waals surface area contributed by atoms with Crippen molar-refractivity contribution in [2.75, 3.05) is 19.5 Å². The van der Waals surface area contributed by atoms with Crippen molar-refractivity contribution in [3.63, 3.8) is 0 Å². The molecule has 0 aliphatic heterocycles. The lowest BCUT2D eigenvalue weighted by molar-refractivity contribution is 0.0601. The maximum atomic E-state index is 11.4. The van der Waals surface area contributed by atoms with Crippen molar-refractivity contribution >= 4 is 11.7 Å². The number of hydrogen-bond acceptors (Lipinski definition) is 4. The van der Waals surface area contributed by atoms with Gasteiger partial charge in [0.1, 0.15) is 5.75 Å². The summed E-state index contributed by atoms with van der Waals surface area (Å²) in [5.74, 6) is 0.565. The highest BCUT2D eigenvalue weighted by Gasteiger charge is 2.06. The van der Waals surface area contributed by atoms with Crippen molar-refractivity contribution in [2.45, 2.75) is 25.8 Å². The number of hydrogen-bond donors (Lipinski definition) is 1. The molecule has 0 aromatic heterocycles. The van der Waals surface area contributed by atoms with Crippen LogP contribution in [0.4, 0.5) is 5.69 Å². The van der Waals surface area contributed by atoms with Crippen molar-refractivity contribution in [1.29, 1.82) is 0 Å². The van der Waals surface area contributed by atoms with Crippen LogP contribution in [0.2, 0.25) is 0 Å². The monoisotopic (exact) mass is 313 g/mol. The van der Waals surface area contributed by atoms with Crippen molar-refractivity contribution in [1.82, 2.24) is 0 Å². The van der Waals surface area contributed by atoms with Crippen molar-refractivity contribution < 1.29 is 14.3 Å². The molecule has 0 saturated carbocycles. The molecule has 0 bridgehead atoms. The van der Waals surface area contributed by atoms with Crippen LogP contribution in [0.25, 0.3) is 0 Å². The molecule has 0 heterocycles. The van der Waals surface area contributed by atoms with Gasteiger partial charge in [-0.3, -0.25) is 0 Å². The Morgan fingerprint density at radius 3 is 2.26 bits per heavy atom. The van der Waals surface area contributed by atoms with Gasteiger partial charge in [-0.2, -0.15) is 0 Å². The summed E-state index contributed by atoms with van der Waals surface area (Å²) in [6.45, 7) is 2.15. The van der Waals surface area contributed by atoms with Crippen molar-refractivity contribution in [3.8, 4) is 5.75 Å². The molecule has 0 radical (unpaired) electrons. The summed E-state index contributed by atoms with van der Waals surface area (Å²) in [4.78, 5) is 11.4. The van der Waals surface area contributed by atoms with E-state index in [1.807, 2.05) is 24.3 Å². The Hall–Kier alpha value is -2.49. The van der Waals surface area contributed by atoms with Crippen LogP contribution in [0, 0.1) is 0 Å². The van der Waals surface area contributed by atoms with Crippen LogP contribution in [0.15, 0.2) is 48.5 Å². The minimum atomic E-state index is -0.316. The molecule has 2 aromatic carbocycles. The fourth-order valence-corrected chi connectivity index (χ4v) is 2.35. The van der Waals surface area contributed by atoms with E-state index in [-0.39, 0.29) is 5.97 Å². The second kappa shape index (κ2) is 8.22. The van der Waals surface area contributed by atoms with Gasteiger partial charge in [-0.1, -0.05) is 12.1 Å². The third kappa shape index (κ3) is 5.02. The zero-order chi connectivity index (χ0) is 16.7. The van der Waals surface area contributed by atoms with Crippen LogP contribution >= 0.6 is 0 Å². The molecule has 2 aromatic rings. The summed E-state index contributed by atoms with van der Waals surface area (Å²) in [5, 5.41) is 3.44. The molecule has 4 heteroatoms. The van der Waals surface area contributed by atoms with Gasteiger partial charge in [0.05, 0.1) is 19.8 Å². The van der Waals surface area contributed by atoms with Gasteiger partial charge >= 0.3 is 5.97 Å². The van der Waals surface area contributed by atoms with Crippen LogP contribution < -0.4 is 10.1 Å². The predicted octanol–water partition coefficient (Wildman–Crippen LogP) is 3.92. The normalized spacial score (nSPS) is 11.6. The fraction of sp³-hybridized carbons (Fsp3) is 0.316.